The van der Waals surface area contributed by atoms with Crippen molar-refractivity contribution in [3.8, 4) is 0 Å². The molecule has 0 saturated heterocycles. The Morgan fingerprint density at radius 2 is 2.00 bits per heavy atom. The van der Waals surface area contributed by atoms with Crippen molar-refractivity contribution in [1.82, 2.24) is 0 Å². The molecule has 0 spiro atoms. The molecule has 3 heteroatoms. The fourth-order valence-corrected chi connectivity index (χ4v) is 3.14. The second-order valence-electron chi connectivity index (χ2n) is 4.66. The molecule has 1 aliphatic heterocycles. The highest BCUT2D eigenvalue weighted by Crippen LogP contribution is 2.45. The van der Waals surface area contributed by atoms with Gasteiger partial charge in [-0.15, -0.1) is 0 Å². The normalized spacial score (nSPS) is 34.9. The van der Waals surface area contributed by atoms with E-state index in [1.807, 2.05) is 32.5 Å². The van der Waals surface area contributed by atoms with Crippen molar-refractivity contribution >= 4 is 11.8 Å². The summed E-state index contributed by atoms with van der Waals surface area (Å²) in [6.07, 6.45) is 2.67. The molecular weight excluding hydrogens is 196 g/mol. The summed E-state index contributed by atoms with van der Waals surface area (Å²) < 4.78 is 11.3. The van der Waals surface area contributed by atoms with Gasteiger partial charge in [-0.05, 0) is 25.7 Å². The summed E-state index contributed by atoms with van der Waals surface area (Å²) in [4.78, 5) is 0. The van der Waals surface area contributed by atoms with E-state index < -0.39 is 5.79 Å². The first-order chi connectivity index (χ1) is 6.48. The predicted molar refractivity (Wildman–Crippen MR) is 58.7 cm³/mol. The van der Waals surface area contributed by atoms with Gasteiger partial charge in [0, 0.05) is 19.1 Å². The molecule has 2 rings (SSSR count). The van der Waals surface area contributed by atoms with Gasteiger partial charge in [-0.3, -0.25) is 0 Å². The molecule has 2 atom stereocenters. The third kappa shape index (κ3) is 1.88. The number of rotatable bonds is 2. The molecule has 0 amide bonds. The van der Waals surface area contributed by atoms with E-state index in [0.717, 1.165) is 22.0 Å². The van der Waals surface area contributed by atoms with Crippen LogP contribution in [0.15, 0.2) is 10.9 Å². The van der Waals surface area contributed by atoms with E-state index in [1.165, 1.54) is 12.8 Å². The standard InChI is InChI=1S/C11H18O2S/c1-7-5-6-9(7)14-10-8(2)12-11(3,4)13-10/h7,9H,5-6H2,1-4H3. The SMILES string of the molecule is CC1=C(SC2CCC2C)OC(C)(C)O1. The average Bonchev–Trinajstić information content (AvgIpc) is 2.33. The fraction of sp³-hybridized carbons (Fsp3) is 0.818. The first-order valence-electron chi connectivity index (χ1n) is 5.23. The van der Waals surface area contributed by atoms with E-state index in [0.29, 0.717) is 0 Å². The van der Waals surface area contributed by atoms with Crippen molar-refractivity contribution in [2.24, 2.45) is 5.92 Å². The van der Waals surface area contributed by atoms with Gasteiger partial charge in [-0.1, -0.05) is 18.7 Å². The molecule has 2 nitrogen and oxygen atoms in total. The van der Waals surface area contributed by atoms with Gasteiger partial charge < -0.3 is 9.47 Å². The third-order valence-electron chi connectivity index (χ3n) is 2.82. The Hall–Kier alpha value is -0.310. The summed E-state index contributed by atoms with van der Waals surface area (Å²) in [6, 6.07) is 0. The molecule has 0 aromatic rings. The Morgan fingerprint density at radius 3 is 2.36 bits per heavy atom. The first kappa shape index (κ1) is 10.2. The smallest absolute Gasteiger partial charge is 0.246 e. The zero-order valence-electron chi connectivity index (χ0n) is 9.29. The number of hydrogen-bond acceptors (Lipinski definition) is 3. The molecule has 0 bridgehead atoms. The molecule has 1 saturated carbocycles. The summed E-state index contributed by atoms with van der Waals surface area (Å²) in [6.45, 7) is 8.20. The van der Waals surface area contributed by atoms with Crippen LogP contribution >= 0.6 is 11.8 Å². The maximum atomic E-state index is 5.74. The van der Waals surface area contributed by atoms with E-state index in [9.17, 15) is 0 Å². The maximum absolute atomic E-state index is 5.74. The van der Waals surface area contributed by atoms with Gasteiger partial charge in [0.1, 0.15) is 5.76 Å². The van der Waals surface area contributed by atoms with Crippen molar-refractivity contribution in [3.63, 3.8) is 0 Å². The van der Waals surface area contributed by atoms with Gasteiger partial charge in [0.05, 0.1) is 0 Å². The van der Waals surface area contributed by atoms with Crippen LogP contribution in [0.3, 0.4) is 0 Å². The number of hydrogen-bond donors (Lipinski definition) is 0. The Labute approximate surface area is 90.0 Å². The molecule has 14 heavy (non-hydrogen) atoms. The lowest BCUT2D eigenvalue weighted by Gasteiger charge is -2.33. The highest BCUT2D eigenvalue weighted by Gasteiger charge is 2.36. The zero-order valence-corrected chi connectivity index (χ0v) is 10.1. The van der Waals surface area contributed by atoms with Crippen LogP contribution in [0.4, 0.5) is 0 Å². The molecule has 1 fully saturated rings. The van der Waals surface area contributed by atoms with Gasteiger partial charge >= 0.3 is 0 Å². The highest BCUT2D eigenvalue weighted by molar-refractivity contribution is 8.03. The van der Waals surface area contributed by atoms with E-state index in [-0.39, 0.29) is 0 Å². The van der Waals surface area contributed by atoms with Crippen LogP contribution in [-0.2, 0) is 9.47 Å². The summed E-state index contributed by atoms with van der Waals surface area (Å²) in [7, 11) is 0. The lowest BCUT2D eigenvalue weighted by Crippen LogP contribution is -2.26. The molecule has 2 unspecified atom stereocenters. The van der Waals surface area contributed by atoms with Gasteiger partial charge in [-0.25, -0.2) is 0 Å². The van der Waals surface area contributed by atoms with Crippen LogP contribution in [0, 0.1) is 5.92 Å². The van der Waals surface area contributed by atoms with Crippen LogP contribution < -0.4 is 0 Å². The number of allylic oxidation sites excluding steroid dienone is 1. The summed E-state index contributed by atoms with van der Waals surface area (Å²) in [5.41, 5.74) is 0. The molecule has 0 radical (unpaired) electrons. The summed E-state index contributed by atoms with van der Waals surface area (Å²) in [5.74, 6) is 1.31. The maximum Gasteiger partial charge on any atom is 0.246 e. The van der Waals surface area contributed by atoms with Crippen molar-refractivity contribution in [2.75, 3.05) is 0 Å². The summed E-state index contributed by atoms with van der Waals surface area (Å²) in [5, 5.41) is 1.73. The third-order valence-corrected chi connectivity index (χ3v) is 4.41. The van der Waals surface area contributed by atoms with Crippen molar-refractivity contribution in [3.05, 3.63) is 10.9 Å². The predicted octanol–water partition coefficient (Wildman–Crippen LogP) is 3.49. The van der Waals surface area contributed by atoms with Crippen molar-refractivity contribution < 1.29 is 9.47 Å². The molecule has 0 aromatic carbocycles. The van der Waals surface area contributed by atoms with E-state index in [4.69, 9.17) is 9.47 Å². The fourth-order valence-electron chi connectivity index (χ4n) is 1.78. The minimum atomic E-state index is -0.459. The number of ether oxygens (including phenoxy) is 2. The molecule has 1 aliphatic carbocycles. The van der Waals surface area contributed by atoms with E-state index in [2.05, 4.69) is 6.92 Å². The van der Waals surface area contributed by atoms with Gasteiger partial charge in [0.15, 0.2) is 5.09 Å². The minimum Gasteiger partial charge on any atom is -0.453 e. The van der Waals surface area contributed by atoms with Crippen molar-refractivity contribution in [2.45, 2.75) is 51.6 Å². The largest absolute Gasteiger partial charge is 0.453 e. The van der Waals surface area contributed by atoms with Crippen LogP contribution in [0.2, 0.25) is 0 Å². The Balaban J connectivity index is 1.95. The second kappa shape index (κ2) is 3.37. The van der Waals surface area contributed by atoms with Crippen LogP contribution in [0.25, 0.3) is 0 Å². The van der Waals surface area contributed by atoms with Gasteiger partial charge in [-0.2, -0.15) is 0 Å². The molecule has 2 aliphatic rings. The lowest BCUT2D eigenvalue weighted by molar-refractivity contribution is -0.117. The van der Waals surface area contributed by atoms with Gasteiger partial charge in [0.25, 0.3) is 0 Å². The van der Waals surface area contributed by atoms with Crippen LogP contribution in [0.1, 0.15) is 40.5 Å². The van der Waals surface area contributed by atoms with Crippen molar-refractivity contribution in [1.29, 1.82) is 0 Å². The molecule has 1 heterocycles. The van der Waals surface area contributed by atoms with E-state index in [1.54, 1.807) is 0 Å². The molecule has 80 valence electrons. The number of thioether (sulfide) groups is 1. The lowest BCUT2D eigenvalue weighted by atomic mass is 9.87. The average molecular weight is 214 g/mol. The van der Waals surface area contributed by atoms with Gasteiger partial charge in [0.2, 0.25) is 5.79 Å². The Bertz CT molecular complexity index is 270. The molecule has 0 N–H and O–H groups in total. The Morgan fingerprint density at radius 1 is 1.29 bits per heavy atom. The summed E-state index contributed by atoms with van der Waals surface area (Å²) >= 11 is 1.84. The topological polar surface area (TPSA) is 18.5 Å². The van der Waals surface area contributed by atoms with E-state index >= 15 is 0 Å². The first-order valence-corrected chi connectivity index (χ1v) is 6.11. The highest BCUT2D eigenvalue weighted by atomic mass is 32.2. The Kier molecular flexibility index (Phi) is 2.46. The molecule has 0 aromatic heterocycles. The second-order valence-corrected chi connectivity index (χ2v) is 5.87. The van der Waals surface area contributed by atoms with Crippen LogP contribution in [-0.4, -0.2) is 11.0 Å². The monoisotopic (exact) mass is 214 g/mol. The van der Waals surface area contributed by atoms with Crippen LogP contribution in [0.5, 0.6) is 0 Å². The quantitative estimate of drug-likeness (QED) is 0.701. The minimum absolute atomic E-state index is 0.459. The zero-order chi connectivity index (χ0) is 10.3. The molecular formula is C11H18O2S.